The average Bonchev–Trinajstić information content (AvgIpc) is 2.46. The average molecular weight is 254 g/mol. The van der Waals surface area contributed by atoms with Gasteiger partial charge in [-0.05, 0) is 19.1 Å². The van der Waals surface area contributed by atoms with E-state index in [9.17, 15) is 0 Å². The smallest absolute Gasteiger partial charge is 0.121 e. The van der Waals surface area contributed by atoms with E-state index in [-0.39, 0.29) is 0 Å². The van der Waals surface area contributed by atoms with E-state index in [1.165, 1.54) is 0 Å². The van der Waals surface area contributed by atoms with Gasteiger partial charge < -0.3 is 10.1 Å². The number of aromatic nitrogens is 2. The first-order valence-electron chi connectivity index (χ1n) is 5.82. The van der Waals surface area contributed by atoms with E-state index < -0.39 is 0 Å². The Morgan fingerprint density at radius 1 is 1.32 bits per heavy atom. The lowest BCUT2D eigenvalue weighted by atomic mass is 10.2. The largest absolute Gasteiger partial charge is 0.497 e. The maximum atomic E-state index is 9.06. The molecule has 0 radical (unpaired) electrons. The lowest BCUT2D eigenvalue weighted by Gasteiger charge is -2.09. The van der Waals surface area contributed by atoms with Crippen LogP contribution in [-0.4, -0.2) is 17.1 Å². The molecule has 2 rings (SSSR count). The maximum absolute atomic E-state index is 9.06. The van der Waals surface area contributed by atoms with Crippen molar-refractivity contribution < 1.29 is 4.74 Å². The minimum Gasteiger partial charge on any atom is -0.497 e. The van der Waals surface area contributed by atoms with E-state index in [1.807, 2.05) is 6.92 Å². The first-order chi connectivity index (χ1) is 9.22. The van der Waals surface area contributed by atoms with E-state index in [2.05, 4.69) is 21.4 Å². The Kier molecular flexibility index (Phi) is 3.94. The van der Waals surface area contributed by atoms with Crippen LogP contribution in [0, 0.1) is 18.3 Å². The summed E-state index contributed by atoms with van der Waals surface area (Å²) in [6.07, 6.45) is 3.43. The molecule has 0 atom stereocenters. The number of nitrogens with one attached hydrogen (secondary N) is 1. The molecule has 5 heteroatoms. The molecule has 0 saturated heterocycles. The lowest BCUT2D eigenvalue weighted by molar-refractivity contribution is 0.415. The minimum absolute atomic E-state index is 0.509. The van der Waals surface area contributed by atoms with Crippen molar-refractivity contribution in [2.45, 2.75) is 13.5 Å². The number of nitrogens with zero attached hydrogens (tertiary/aromatic N) is 3. The van der Waals surface area contributed by atoms with Crippen molar-refractivity contribution in [3.8, 4) is 11.8 Å². The minimum atomic E-state index is 0.509. The van der Waals surface area contributed by atoms with Crippen molar-refractivity contribution in [2.75, 3.05) is 12.4 Å². The number of hydrogen-bond acceptors (Lipinski definition) is 5. The van der Waals surface area contributed by atoms with Gasteiger partial charge in [-0.3, -0.25) is 9.97 Å². The van der Waals surface area contributed by atoms with Crippen LogP contribution in [0.2, 0.25) is 0 Å². The van der Waals surface area contributed by atoms with E-state index in [1.54, 1.807) is 37.7 Å². The number of benzene rings is 1. The zero-order chi connectivity index (χ0) is 13.7. The zero-order valence-electron chi connectivity index (χ0n) is 10.8. The van der Waals surface area contributed by atoms with Crippen LogP contribution >= 0.6 is 0 Å². The number of anilines is 1. The fourth-order valence-electron chi connectivity index (χ4n) is 1.59. The number of hydrogen-bond donors (Lipinski definition) is 1. The summed E-state index contributed by atoms with van der Waals surface area (Å²) >= 11 is 0. The molecule has 0 aliphatic rings. The molecule has 0 aliphatic carbocycles. The van der Waals surface area contributed by atoms with Gasteiger partial charge in [-0.15, -0.1) is 0 Å². The highest BCUT2D eigenvalue weighted by Gasteiger charge is 2.04. The topological polar surface area (TPSA) is 70.8 Å². The van der Waals surface area contributed by atoms with Gasteiger partial charge in [0.2, 0.25) is 0 Å². The zero-order valence-corrected chi connectivity index (χ0v) is 10.8. The van der Waals surface area contributed by atoms with Crippen molar-refractivity contribution in [3.05, 3.63) is 47.5 Å². The molecule has 1 aromatic carbocycles. The van der Waals surface area contributed by atoms with Gasteiger partial charge in [-0.25, -0.2) is 0 Å². The first kappa shape index (κ1) is 12.8. The fraction of sp³-hybridized carbons (Fsp3) is 0.214. The van der Waals surface area contributed by atoms with Crippen LogP contribution in [0.1, 0.15) is 17.0 Å². The lowest BCUT2D eigenvalue weighted by Crippen LogP contribution is -2.04. The maximum Gasteiger partial charge on any atom is 0.121 e. The molecule has 5 nitrogen and oxygen atoms in total. The van der Waals surface area contributed by atoms with Gasteiger partial charge in [-0.1, -0.05) is 0 Å². The van der Waals surface area contributed by atoms with Gasteiger partial charge in [-0.2, -0.15) is 5.26 Å². The van der Waals surface area contributed by atoms with Crippen LogP contribution in [0.4, 0.5) is 5.69 Å². The summed E-state index contributed by atoms with van der Waals surface area (Å²) in [5.41, 5.74) is 2.99. The Hall–Kier alpha value is -2.61. The molecule has 0 amide bonds. The van der Waals surface area contributed by atoms with Gasteiger partial charge in [0.1, 0.15) is 11.8 Å². The van der Waals surface area contributed by atoms with Gasteiger partial charge in [0, 0.05) is 12.3 Å². The molecule has 2 aromatic rings. The Labute approximate surface area is 111 Å². The van der Waals surface area contributed by atoms with Crippen molar-refractivity contribution in [3.63, 3.8) is 0 Å². The summed E-state index contributed by atoms with van der Waals surface area (Å²) in [6, 6.07) is 7.41. The van der Waals surface area contributed by atoms with E-state index in [0.717, 1.165) is 17.1 Å². The van der Waals surface area contributed by atoms with Crippen LogP contribution in [0.3, 0.4) is 0 Å². The predicted octanol–water partition coefficient (Wildman–Crippen LogP) is 2.28. The molecule has 0 fully saturated rings. The van der Waals surface area contributed by atoms with Gasteiger partial charge in [0.15, 0.2) is 0 Å². The second kappa shape index (κ2) is 5.83. The van der Waals surface area contributed by atoms with E-state index >= 15 is 0 Å². The Morgan fingerprint density at radius 2 is 2.16 bits per heavy atom. The SMILES string of the molecule is COc1ccc(C#N)c(NCc2cnc(C)cn2)c1. The third kappa shape index (κ3) is 3.19. The molecular formula is C14H14N4O. The van der Waals surface area contributed by atoms with Crippen molar-refractivity contribution >= 4 is 5.69 Å². The van der Waals surface area contributed by atoms with Gasteiger partial charge in [0.25, 0.3) is 0 Å². The van der Waals surface area contributed by atoms with Gasteiger partial charge >= 0.3 is 0 Å². The number of nitriles is 1. The normalized spacial score (nSPS) is 9.74. The number of ether oxygens (including phenoxy) is 1. The van der Waals surface area contributed by atoms with Crippen LogP contribution in [0.25, 0.3) is 0 Å². The molecular weight excluding hydrogens is 240 g/mol. The first-order valence-corrected chi connectivity index (χ1v) is 5.82. The molecule has 0 spiro atoms. The Bertz CT molecular complexity index is 602. The fourth-order valence-corrected chi connectivity index (χ4v) is 1.59. The summed E-state index contributed by atoms with van der Waals surface area (Å²) in [7, 11) is 1.59. The van der Waals surface area contributed by atoms with Crippen molar-refractivity contribution in [1.82, 2.24) is 9.97 Å². The molecule has 96 valence electrons. The Balaban J connectivity index is 2.14. The highest BCUT2D eigenvalue weighted by molar-refractivity contribution is 5.60. The number of aryl methyl sites for hydroxylation is 1. The third-order valence-corrected chi connectivity index (χ3v) is 2.64. The van der Waals surface area contributed by atoms with Crippen LogP contribution in [0.15, 0.2) is 30.6 Å². The highest BCUT2D eigenvalue weighted by Crippen LogP contribution is 2.22. The molecule has 19 heavy (non-hydrogen) atoms. The number of methoxy groups -OCH3 is 1. The van der Waals surface area contributed by atoms with Crippen molar-refractivity contribution in [2.24, 2.45) is 0 Å². The van der Waals surface area contributed by atoms with Crippen LogP contribution < -0.4 is 10.1 Å². The monoisotopic (exact) mass is 254 g/mol. The van der Waals surface area contributed by atoms with Crippen LogP contribution in [0.5, 0.6) is 5.75 Å². The summed E-state index contributed by atoms with van der Waals surface area (Å²) < 4.78 is 5.14. The molecule has 0 saturated carbocycles. The molecule has 0 unspecified atom stereocenters. The quantitative estimate of drug-likeness (QED) is 0.906. The third-order valence-electron chi connectivity index (χ3n) is 2.64. The van der Waals surface area contributed by atoms with Gasteiger partial charge in [0.05, 0.1) is 42.5 Å². The molecule has 1 aromatic heterocycles. The summed E-state index contributed by atoms with van der Waals surface area (Å²) in [4.78, 5) is 8.43. The second-order valence-electron chi connectivity index (χ2n) is 4.03. The highest BCUT2D eigenvalue weighted by atomic mass is 16.5. The predicted molar refractivity (Wildman–Crippen MR) is 71.8 cm³/mol. The molecule has 0 bridgehead atoms. The van der Waals surface area contributed by atoms with E-state index in [0.29, 0.717) is 17.9 Å². The standard InChI is InChI=1S/C14H14N4O/c1-10-7-17-12(8-16-10)9-18-14-5-13(19-2)4-3-11(14)6-15/h3-5,7-8,18H,9H2,1-2H3. The summed E-state index contributed by atoms with van der Waals surface area (Å²) in [6.45, 7) is 2.40. The molecule has 1 N–H and O–H groups in total. The van der Waals surface area contributed by atoms with E-state index in [4.69, 9.17) is 10.00 Å². The Morgan fingerprint density at radius 3 is 2.79 bits per heavy atom. The summed E-state index contributed by atoms with van der Waals surface area (Å²) in [5.74, 6) is 0.705. The van der Waals surface area contributed by atoms with Crippen LogP contribution in [-0.2, 0) is 6.54 Å². The second-order valence-corrected chi connectivity index (χ2v) is 4.03. The molecule has 1 heterocycles. The number of rotatable bonds is 4. The molecule has 0 aliphatic heterocycles. The summed E-state index contributed by atoms with van der Waals surface area (Å²) in [5, 5.41) is 12.2. The van der Waals surface area contributed by atoms with Crippen molar-refractivity contribution in [1.29, 1.82) is 5.26 Å².